The Morgan fingerprint density at radius 3 is 2.02 bits per heavy atom. The number of nitrogens with two attached hydrogens (primary N) is 2. The first kappa shape index (κ1) is 46.4. The minimum absolute atomic E-state index is 0.0484. The summed E-state index contributed by atoms with van der Waals surface area (Å²) in [5.41, 5.74) is 12.9. The molecular formula is C43H65N5O8. The maximum atomic E-state index is 14.2. The smallest absolute Gasteiger partial charge is 0.323 e. The van der Waals surface area contributed by atoms with Crippen LogP contribution in [-0.4, -0.2) is 110 Å². The van der Waals surface area contributed by atoms with Gasteiger partial charge in [0.1, 0.15) is 5.54 Å². The van der Waals surface area contributed by atoms with E-state index in [4.69, 9.17) is 20.9 Å². The first-order valence-electron chi connectivity index (χ1n) is 20.1. The van der Waals surface area contributed by atoms with Crippen LogP contribution in [0.1, 0.15) is 76.3 Å². The molecule has 3 rings (SSSR count). The maximum absolute atomic E-state index is 14.2. The molecule has 4 atom stereocenters. The number of methoxy groups -OCH3 is 1. The lowest BCUT2D eigenvalue weighted by Gasteiger charge is -2.38. The number of aliphatic carboxylic acids is 1. The molecule has 0 spiro atoms. The first-order valence-corrected chi connectivity index (χ1v) is 20.1. The molecular weight excluding hydrogens is 714 g/mol. The standard InChI is InChI=1S/C43H65N5O8/c1-31(2)26-37(47-40(51)35(27-32-12-6-4-7-13-32)30-38(49)36(44)28-33-14-8-5-9-15-33)39(50)29-34(16-10-11-19-46-20-23-56-25-24-55-3)41(52)48-21-17-43(45,18-22-48)42(53)54/h4-9,12-15,31,34-37,46H,10-11,16-30,44-45H2,1-3H3,(H,47,51)(H,53,54)/t34-,35-,36+,37+/m0/s1. The fraction of sp³-hybridized carbons (Fsp3) is 0.605. The van der Waals surface area contributed by atoms with Gasteiger partial charge in [0.05, 0.1) is 31.9 Å². The van der Waals surface area contributed by atoms with Crippen molar-refractivity contribution in [2.24, 2.45) is 29.2 Å². The molecule has 1 heterocycles. The maximum Gasteiger partial charge on any atom is 0.323 e. The average Bonchev–Trinajstić information content (AvgIpc) is 3.18. The van der Waals surface area contributed by atoms with Gasteiger partial charge in [-0.2, -0.15) is 0 Å². The molecule has 310 valence electrons. The summed E-state index contributed by atoms with van der Waals surface area (Å²) in [6.45, 7) is 7.30. The Morgan fingerprint density at radius 2 is 1.43 bits per heavy atom. The molecule has 13 nitrogen and oxygen atoms in total. The number of Topliss-reactive ketones (excluding diaryl/α,β-unsaturated/α-hetero) is 2. The molecule has 0 saturated carbocycles. The second-order valence-corrected chi connectivity index (χ2v) is 15.5. The molecule has 1 fully saturated rings. The van der Waals surface area contributed by atoms with Gasteiger partial charge in [-0.25, -0.2) is 0 Å². The van der Waals surface area contributed by atoms with Gasteiger partial charge in [0.15, 0.2) is 11.6 Å². The molecule has 2 aromatic carbocycles. The molecule has 7 N–H and O–H groups in total. The van der Waals surface area contributed by atoms with Crippen LogP contribution in [0.4, 0.5) is 0 Å². The van der Waals surface area contributed by atoms with Crippen LogP contribution in [0, 0.1) is 17.8 Å². The Kier molecular flexibility index (Phi) is 20.4. The van der Waals surface area contributed by atoms with E-state index in [-0.39, 0.29) is 62.2 Å². The highest BCUT2D eigenvalue weighted by Gasteiger charge is 2.40. The van der Waals surface area contributed by atoms with Crippen molar-refractivity contribution in [3.8, 4) is 0 Å². The zero-order valence-electron chi connectivity index (χ0n) is 33.6. The van der Waals surface area contributed by atoms with Gasteiger partial charge in [0, 0.05) is 51.4 Å². The molecule has 13 heteroatoms. The molecule has 2 amide bonds. The van der Waals surface area contributed by atoms with E-state index in [1.165, 1.54) is 0 Å². The Balaban J connectivity index is 1.73. The summed E-state index contributed by atoms with van der Waals surface area (Å²) in [7, 11) is 1.62. The van der Waals surface area contributed by atoms with Crippen LogP contribution in [0.15, 0.2) is 60.7 Å². The lowest BCUT2D eigenvalue weighted by atomic mass is 9.86. The van der Waals surface area contributed by atoms with E-state index in [1.54, 1.807) is 12.0 Å². The highest BCUT2D eigenvalue weighted by atomic mass is 16.5. The number of carboxylic acids is 1. The number of benzene rings is 2. The summed E-state index contributed by atoms with van der Waals surface area (Å²) < 4.78 is 10.5. The quantitative estimate of drug-likeness (QED) is 0.0833. The van der Waals surface area contributed by atoms with E-state index in [0.717, 1.165) is 17.5 Å². The van der Waals surface area contributed by atoms with Gasteiger partial charge in [-0.3, -0.25) is 24.0 Å². The molecule has 0 radical (unpaired) electrons. The number of carbonyl (C=O) groups is 5. The highest BCUT2D eigenvalue weighted by molar-refractivity contribution is 5.95. The number of hydrogen-bond acceptors (Lipinski definition) is 10. The van der Waals surface area contributed by atoms with E-state index in [2.05, 4.69) is 10.6 Å². The van der Waals surface area contributed by atoms with Crippen molar-refractivity contribution in [3.05, 3.63) is 71.8 Å². The number of hydrogen-bond donors (Lipinski definition) is 5. The number of carbonyl (C=O) groups excluding carboxylic acids is 4. The van der Waals surface area contributed by atoms with E-state index < -0.39 is 41.3 Å². The van der Waals surface area contributed by atoms with E-state index in [1.807, 2.05) is 74.5 Å². The molecule has 0 aromatic heterocycles. The molecule has 1 saturated heterocycles. The molecule has 0 aliphatic carbocycles. The summed E-state index contributed by atoms with van der Waals surface area (Å²) in [6, 6.07) is 17.3. The minimum atomic E-state index is -1.39. The van der Waals surface area contributed by atoms with Gasteiger partial charge in [-0.1, -0.05) is 80.9 Å². The molecule has 1 aliphatic rings. The van der Waals surface area contributed by atoms with Crippen LogP contribution in [0.25, 0.3) is 0 Å². The first-order chi connectivity index (χ1) is 26.8. The van der Waals surface area contributed by atoms with Gasteiger partial charge in [-0.05, 0) is 68.5 Å². The fourth-order valence-corrected chi connectivity index (χ4v) is 7.01. The largest absolute Gasteiger partial charge is 0.480 e. The van der Waals surface area contributed by atoms with Crippen LogP contribution >= 0.6 is 0 Å². The van der Waals surface area contributed by atoms with Crippen LogP contribution in [0.3, 0.4) is 0 Å². The molecule has 0 bridgehead atoms. The summed E-state index contributed by atoms with van der Waals surface area (Å²) in [5, 5.41) is 16.0. The van der Waals surface area contributed by atoms with E-state index in [0.29, 0.717) is 65.0 Å². The summed E-state index contributed by atoms with van der Waals surface area (Å²) in [6.07, 6.45) is 2.98. The second kappa shape index (κ2) is 24.6. The van der Waals surface area contributed by atoms with Gasteiger partial charge in [0.2, 0.25) is 11.8 Å². The number of ketones is 2. The summed E-state index contributed by atoms with van der Waals surface area (Å²) in [5.74, 6) is -3.56. The highest BCUT2D eigenvalue weighted by Crippen LogP contribution is 2.26. The predicted octanol–water partition coefficient (Wildman–Crippen LogP) is 3.31. The Morgan fingerprint density at radius 1 is 0.821 bits per heavy atom. The van der Waals surface area contributed by atoms with Gasteiger partial charge >= 0.3 is 5.97 Å². The summed E-state index contributed by atoms with van der Waals surface area (Å²) in [4.78, 5) is 69.2. The predicted molar refractivity (Wildman–Crippen MR) is 216 cm³/mol. The third-order valence-electron chi connectivity index (χ3n) is 10.5. The monoisotopic (exact) mass is 779 g/mol. The molecule has 0 unspecified atom stereocenters. The summed E-state index contributed by atoms with van der Waals surface area (Å²) >= 11 is 0. The topological polar surface area (TPSA) is 203 Å². The zero-order chi connectivity index (χ0) is 40.9. The minimum Gasteiger partial charge on any atom is -0.480 e. The molecule has 2 aromatic rings. The van der Waals surface area contributed by atoms with Crippen molar-refractivity contribution in [1.29, 1.82) is 0 Å². The van der Waals surface area contributed by atoms with Gasteiger partial charge in [0.25, 0.3) is 0 Å². The van der Waals surface area contributed by atoms with Gasteiger partial charge < -0.3 is 41.6 Å². The molecule has 1 aliphatic heterocycles. The SMILES string of the molecule is COCCOCCNCCCC[C@@H](CC(=O)[C@@H](CC(C)C)NC(=O)[C@H](CC(=O)[C@H](N)Cc1ccccc1)Cc1ccccc1)C(=O)N1CCC(N)(C(=O)O)CC1. The van der Waals surface area contributed by atoms with Crippen molar-refractivity contribution >= 4 is 29.4 Å². The van der Waals surface area contributed by atoms with Gasteiger partial charge in [-0.15, -0.1) is 0 Å². The lowest BCUT2D eigenvalue weighted by molar-refractivity contribution is -0.149. The van der Waals surface area contributed by atoms with Crippen molar-refractivity contribution in [2.45, 2.75) is 95.7 Å². The number of unbranched alkanes of at least 4 members (excludes halogenated alkanes) is 1. The lowest BCUT2D eigenvalue weighted by Crippen LogP contribution is -2.57. The average molecular weight is 780 g/mol. The Bertz CT molecular complexity index is 1500. The third kappa shape index (κ3) is 16.2. The normalized spacial score (nSPS) is 16.1. The number of nitrogens with one attached hydrogen (secondary N) is 2. The Labute approximate surface area is 332 Å². The number of carboxylic acid groups (broad SMARTS) is 1. The zero-order valence-corrected chi connectivity index (χ0v) is 33.6. The van der Waals surface area contributed by atoms with Crippen LogP contribution < -0.4 is 22.1 Å². The fourth-order valence-electron chi connectivity index (χ4n) is 7.01. The number of ether oxygens (including phenoxy) is 2. The number of nitrogens with zero attached hydrogens (tertiary/aromatic N) is 1. The van der Waals surface area contributed by atoms with Crippen molar-refractivity contribution in [2.75, 3.05) is 53.1 Å². The van der Waals surface area contributed by atoms with E-state index in [9.17, 15) is 29.1 Å². The third-order valence-corrected chi connectivity index (χ3v) is 10.5. The number of rotatable bonds is 27. The van der Waals surface area contributed by atoms with E-state index >= 15 is 0 Å². The Hall–Kier alpha value is -4.01. The second-order valence-electron chi connectivity index (χ2n) is 15.5. The van der Waals surface area contributed by atoms with Crippen LogP contribution in [-0.2, 0) is 46.3 Å². The molecule has 56 heavy (non-hydrogen) atoms. The van der Waals surface area contributed by atoms with Crippen molar-refractivity contribution < 1.29 is 38.6 Å². The number of amides is 2. The van der Waals surface area contributed by atoms with Crippen LogP contribution in [0.2, 0.25) is 0 Å². The number of likely N-dealkylation sites (tertiary alicyclic amines) is 1. The number of piperidine rings is 1. The van der Waals surface area contributed by atoms with Crippen molar-refractivity contribution in [1.82, 2.24) is 15.5 Å². The van der Waals surface area contributed by atoms with Crippen molar-refractivity contribution in [3.63, 3.8) is 0 Å². The van der Waals surface area contributed by atoms with Crippen LogP contribution in [0.5, 0.6) is 0 Å².